The van der Waals surface area contributed by atoms with E-state index in [2.05, 4.69) is 29.3 Å². The maximum Gasteiger partial charge on any atom is 0.123 e. The van der Waals surface area contributed by atoms with Gasteiger partial charge in [0.25, 0.3) is 0 Å². The van der Waals surface area contributed by atoms with E-state index in [1.54, 1.807) is 11.3 Å². The minimum absolute atomic E-state index is 0.132. The van der Waals surface area contributed by atoms with Crippen LogP contribution in [0.25, 0.3) is 0 Å². The lowest BCUT2D eigenvalue weighted by Crippen LogP contribution is -2.33. The fourth-order valence-corrected chi connectivity index (χ4v) is 2.96. The molecule has 0 saturated carbocycles. The van der Waals surface area contributed by atoms with Crippen molar-refractivity contribution < 1.29 is 4.39 Å². The van der Waals surface area contributed by atoms with E-state index in [0.29, 0.717) is 6.54 Å². The van der Waals surface area contributed by atoms with E-state index in [1.165, 1.54) is 17.0 Å². The second kappa shape index (κ2) is 6.80. The Morgan fingerprint density at radius 3 is 2.53 bits per heavy atom. The molecule has 2 nitrogen and oxygen atoms in total. The summed E-state index contributed by atoms with van der Waals surface area (Å²) in [5.74, 6) is -0.208. The zero-order valence-electron chi connectivity index (χ0n) is 11.1. The third-order valence-corrected chi connectivity index (χ3v) is 4.13. The van der Waals surface area contributed by atoms with Crippen LogP contribution in [-0.2, 0) is 6.54 Å². The molecule has 2 N–H and O–H groups in total. The average molecular weight is 278 g/mol. The van der Waals surface area contributed by atoms with Crippen LogP contribution in [0.4, 0.5) is 4.39 Å². The van der Waals surface area contributed by atoms with E-state index in [4.69, 9.17) is 5.73 Å². The Morgan fingerprint density at radius 2 is 2.00 bits per heavy atom. The highest BCUT2D eigenvalue weighted by Crippen LogP contribution is 2.23. The minimum Gasteiger partial charge on any atom is -0.329 e. The van der Waals surface area contributed by atoms with Crippen molar-refractivity contribution >= 4 is 11.3 Å². The summed E-state index contributed by atoms with van der Waals surface area (Å²) >= 11 is 1.75. The predicted octanol–water partition coefficient (Wildman–Crippen LogP) is 3.41. The summed E-state index contributed by atoms with van der Waals surface area (Å²) in [4.78, 5) is 3.64. The SMILES string of the molecule is CCN(Cc1cccs1)C(CN)c1ccc(F)cc1. The quantitative estimate of drug-likeness (QED) is 0.877. The van der Waals surface area contributed by atoms with Gasteiger partial charge in [0.1, 0.15) is 5.82 Å². The van der Waals surface area contributed by atoms with E-state index >= 15 is 0 Å². The Balaban J connectivity index is 2.16. The minimum atomic E-state index is -0.208. The van der Waals surface area contributed by atoms with Crippen molar-refractivity contribution in [2.24, 2.45) is 5.73 Å². The fourth-order valence-electron chi connectivity index (χ4n) is 2.23. The van der Waals surface area contributed by atoms with Crippen LogP contribution in [-0.4, -0.2) is 18.0 Å². The molecule has 1 aromatic carbocycles. The van der Waals surface area contributed by atoms with Gasteiger partial charge in [0.2, 0.25) is 0 Å². The number of likely N-dealkylation sites (N-methyl/N-ethyl adjacent to an activating group) is 1. The lowest BCUT2D eigenvalue weighted by molar-refractivity contribution is 0.205. The van der Waals surface area contributed by atoms with Gasteiger partial charge < -0.3 is 5.73 Å². The number of benzene rings is 1. The van der Waals surface area contributed by atoms with Crippen LogP contribution in [0.1, 0.15) is 23.4 Å². The molecule has 0 radical (unpaired) electrons. The first-order valence-corrected chi connectivity index (χ1v) is 7.34. The molecule has 1 heterocycles. The maximum atomic E-state index is 13.0. The molecule has 19 heavy (non-hydrogen) atoms. The van der Waals surface area contributed by atoms with E-state index < -0.39 is 0 Å². The number of halogens is 1. The van der Waals surface area contributed by atoms with Gasteiger partial charge >= 0.3 is 0 Å². The van der Waals surface area contributed by atoms with Gasteiger partial charge in [-0.3, -0.25) is 4.90 Å². The first kappa shape index (κ1) is 14.2. The molecule has 0 aliphatic heterocycles. The molecule has 2 rings (SSSR count). The molecule has 1 unspecified atom stereocenters. The topological polar surface area (TPSA) is 29.3 Å². The molecule has 2 aromatic rings. The van der Waals surface area contributed by atoms with Gasteiger partial charge in [-0.1, -0.05) is 25.1 Å². The van der Waals surface area contributed by atoms with E-state index in [1.807, 2.05) is 12.1 Å². The number of thiophene rings is 1. The van der Waals surface area contributed by atoms with Crippen molar-refractivity contribution in [3.05, 3.63) is 58.0 Å². The van der Waals surface area contributed by atoms with Gasteiger partial charge in [-0.15, -0.1) is 11.3 Å². The van der Waals surface area contributed by atoms with Crippen LogP contribution in [0.3, 0.4) is 0 Å². The molecule has 4 heteroatoms. The summed E-state index contributed by atoms with van der Waals surface area (Å²) in [7, 11) is 0. The van der Waals surface area contributed by atoms with E-state index in [0.717, 1.165) is 18.7 Å². The third-order valence-electron chi connectivity index (χ3n) is 3.26. The Morgan fingerprint density at radius 1 is 1.26 bits per heavy atom. The van der Waals surface area contributed by atoms with E-state index in [-0.39, 0.29) is 11.9 Å². The van der Waals surface area contributed by atoms with Crippen molar-refractivity contribution in [2.75, 3.05) is 13.1 Å². The summed E-state index contributed by atoms with van der Waals surface area (Å²) in [6, 6.07) is 11.0. The largest absolute Gasteiger partial charge is 0.329 e. The summed E-state index contributed by atoms with van der Waals surface area (Å²) < 4.78 is 13.0. The first-order valence-electron chi connectivity index (χ1n) is 6.46. The van der Waals surface area contributed by atoms with Gasteiger partial charge in [-0.25, -0.2) is 4.39 Å². The predicted molar refractivity (Wildman–Crippen MR) is 78.6 cm³/mol. The van der Waals surface area contributed by atoms with Gasteiger partial charge in [-0.05, 0) is 35.7 Å². The van der Waals surface area contributed by atoms with Crippen LogP contribution in [0.2, 0.25) is 0 Å². The van der Waals surface area contributed by atoms with Crippen LogP contribution in [0.15, 0.2) is 41.8 Å². The standard InChI is InChI=1S/C15H19FN2S/c1-2-18(11-14-4-3-9-19-14)15(10-17)12-5-7-13(16)8-6-12/h3-9,15H,2,10-11,17H2,1H3. The highest BCUT2D eigenvalue weighted by molar-refractivity contribution is 7.09. The summed E-state index contributed by atoms with van der Waals surface area (Å²) in [6.45, 7) is 4.45. The van der Waals surface area contributed by atoms with Crippen LogP contribution in [0.5, 0.6) is 0 Å². The second-order valence-electron chi connectivity index (χ2n) is 4.45. The zero-order chi connectivity index (χ0) is 13.7. The molecule has 0 saturated heterocycles. The molecule has 0 aliphatic rings. The van der Waals surface area contributed by atoms with Crippen molar-refractivity contribution in [1.29, 1.82) is 0 Å². The molecule has 0 spiro atoms. The Labute approximate surface area is 117 Å². The first-order chi connectivity index (χ1) is 9.24. The molecule has 102 valence electrons. The van der Waals surface area contributed by atoms with Gasteiger partial charge in [-0.2, -0.15) is 0 Å². The van der Waals surface area contributed by atoms with Crippen molar-refractivity contribution in [2.45, 2.75) is 19.5 Å². The lowest BCUT2D eigenvalue weighted by Gasteiger charge is -2.29. The molecule has 0 fully saturated rings. The van der Waals surface area contributed by atoms with Crippen LogP contribution >= 0.6 is 11.3 Å². The van der Waals surface area contributed by atoms with Crippen molar-refractivity contribution in [1.82, 2.24) is 4.90 Å². The summed E-state index contributed by atoms with van der Waals surface area (Å²) in [6.07, 6.45) is 0. The average Bonchev–Trinajstić information content (AvgIpc) is 2.93. The molecular weight excluding hydrogens is 259 g/mol. The van der Waals surface area contributed by atoms with Crippen molar-refractivity contribution in [3.63, 3.8) is 0 Å². The monoisotopic (exact) mass is 278 g/mol. The summed E-state index contributed by atoms with van der Waals surface area (Å²) in [5, 5.41) is 2.08. The maximum absolute atomic E-state index is 13.0. The molecule has 1 atom stereocenters. The van der Waals surface area contributed by atoms with Crippen LogP contribution < -0.4 is 5.73 Å². The van der Waals surface area contributed by atoms with E-state index in [9.17, 15) is 4.39 Å². The highest BCUT2D eigenvalue weighted by atomic mass is 32.1. The smallest absolute Gasteiger partial charge is 0.123 e. The normalized spacial score (nSPS) is 12.8. The summed E-state index contributed by atoms with van der Waals surface area (Å²) in [5.41, 5.74) is 6.99. The van der Waals surface area contributed by atoms with Crippen LogP contribution in [0, 0.1) is 5.82 Å². The zero-order valence-corrected chi connectivity index (χ0v) is 11.9. The molecule has 0 aliphatic carbocycles. The molecule has 0 bridgehead atoms. The number of nitrogens with zero attached hydrogens (tertiary/aromatic N) is 1. The highest BCUT2D eigenvalue weighted by Gasteiger charge is 2.18. The third kappa shape index (κ3) is 3.62. The number of hydrogen-bond acceptors (Lipinski definition) is 3. The molecule has 1 aromatic heterocycles. The van der Waals surface area contributed by atoms with Gasteiger partial charge in [0.05, 0.1) is 0 Å². The fraction of sp³-hybridized carbons (Fsp3) is 0.333. The van der Waals surface area contributed by atoms with Crippen molar-refractivity contribution in [3.8, 4) is 0 Å². The molecule has 0 amide bonds. The molecular formula is C15H19FN2S. The lowest BCUT2D eigenvalue weighted by atomic mass is 10.1. The number of hydrogen-bond donors (Lipinski definition) is 1. The van der Waals surface area contributed by atoms with Gasteiger partial charge in [0, 0.05) is 24.0 Å². The Hall–Kier alpha value is -1.23. The number of rotatable bonds is 6. The number of nitrogens with two attached hydrogens (primary N) is 1. The second-order valence-corrected chi connectivity index (χ2v) is 5.48. The Kier molecular flexibility index (Phi) is 5.07. The van der Waals surface area contributed by atoms with Gasteiger partial charge in [0.15, 0.2) is 0 Å². The Bertz CT molecular complexity index is 481.